The summed E-state index contributed by atoms with van der Waals surface area (Å²) in [4.78, 5) is 33.2. The van der Waals surface area contributed by atoms with Gasteiger partial charge in [0.05, 0.1) is 40.4 Å². The number of carbonyl (C=O) groups is 2. The number of amides is 1. The normalized spacial score (nSPS) is 15.9. The first-order valence-electron chi connectivity index (χ1n) is 10.5. The third-order valence-corrected chi connectivity index (χ3v) is 7.36. The van der Waals surface area contributed by atoms with Gasteiger partial charge in [-0.1, -0.05) is 29.5 Å². The molecule has 2 aromatic carbocycles. The minimum absolute atomic E-state index is 0.0231. The van der Waals surface area contributed by atoms with E-state index in [0.717, 1.165) is 4.70 Å². The van der Waals surface area contributed by atoms with Crippen molar-refractivity contribution in [2.75, 3.05) is 18.6 Å². The molecule has 1 N–H and O–H groups in total. The van der Waals surface area contributed by atoms with Gasteiger partial charge in [-0.15, -0.1) is 11.3 Å². The van der Waals surface area contributed by atoms with Gasteiger partial charge in [-0.25, -0.2) is 4.98 Å². The number of nitrogens with zero attached hydrogens (tertiary/aromatic N) is 2. The lowest BCUT2D eigenvalue weighted by Crippen LogP contribution is -2.30. The van der Waals surface area contributed by atoms with Gasteiger partial charge in [0.1, 0.15) is 11.5 Å². The van der Waals surface area contributed by atoms with Crippen LogP contribution in [0.4, 0.5) is 5.13 Å². The van der Waals surface area contributed by atoms with Crippen LogP contribution in [0.5, 0.6) is 11.5 Å². The molecule has 0 fully saturated rings. The van der Waals surface area contributed by atoms with Gasteiger partial charge in [0.15, 0.2) is 10.9 Å². The molecular weight excluding hydrogens is 472 g/mol. The van der Waals surface area contributed by atoms with E-state index in [0.29, 0.717) is 39.2 Å². The number of aliphatic hydroxyl groups excluding tert-OH is 1. The molecule has 1 aliphatic rings. The molecule has 0 bridgehead atoms. The number of aliphatic hydroxyl groups is 1. The Morgan fingerprint density at radius 3 is 2.74 bits per heavy atom. The standard InChI is InChI=1S/C25H20N2O5S2/c1-3-32-16-9-10-17-19(13-16)34-25(26-17)27-21(14-6-4-7-15(12-14)31-2)20(23(29)24(27)30)22(28)18-8-5-11-33-18/h4-13,21,29H,3H2,1-2H3/t21-/m0/s1. The summed E-state index contributed by atoms with van der Waals surface area (Å²) in [5.74, 6) is -0.352. The van der Waals surface area contributed by atoms with Crippen LogP contribution in [-0.2, 0) is 4.79 Å². The average Bonchev–Trinajstić information content (AvgIpc) is 3.58. The molecule has 2 aromatic heterocycles. The average molecular weight is 493 g/mol. The van der Waals surface area contributed by atoms with E-state index in [2.05, 4.69) is 4.98 Å². The summed E-state index contributed by atoms with van der Waals surface area (Å²) in [7, 11) is 1.55. The smallest absolute Gasteiger partial charge is 0.296 e. The van der Waals surface area contributed by atoms with E-state index in [1.807, 2.05) is 25.1 Å². The van der Waals surface area contributed by atoms with Gasteiger partial charge in [-0.05, 0) is 54.3 Å². The fourth-order valence-electron chi connectivity index (χ4n) is 3.95. The third-order valence-electron chi connectivity index (χ3n) is 5.47. The first-order valence-corrected chi connectivity index (χ1v) is 12.2. The summed E-state index contributed by atoms with van der Waals surface area (Å²) in [6.45, 7) is 2.44. The fourth-order valence-corrected chi connectivity index (χ4v) is 5.65. The monoisotopic (exact) mass is 492 g/mol. The quantitative estimate of drug-likeness (QED) is 0.340. The topological polar surface area (TPSA) is 89.0 Å². The van der Waals surface area contributed by atoms with Crippen LogP contribution in [0.15, 0.2) is 71.3 Å². The van der Waals surface area contributed by atoms with Gasteiger partial charge in [0, 0.05) is 0 Å². The summed E-state index contributed by atoms with van der Waals surface area (Å²) in [5, 5.41) is 13.1. The van der Waals surface area contributed by atoms with E-state index >= 15 is 0 Å². The number of Topliss-reactive ketones (excluding diaryl/α,β-unsaturated/α-hetero) is 1. The highest BCUT2D eigenvalue weighted by molar-refractivity contribution is 7.22. The third kappa shape index (κ3) is 3.72. The van der Waals surface area contributed by atoms with Crippen LogP contribution in [0, 0.1) is 0 Å². The minimum atomic E-state index is -0.857. The number of anilines is 1. The van der Waals surface area contributed by atoms with Gasteiger partial charge in [0.2, 0.25) is 5.78 Å². The number of benzene rings is 2. The maximum absolute atomic E-state index is 13.4. The molecule has 7 nitrogen and oxygen atoms in total. The number of ether oxygens (including phenoxy) is 2. The summed E-state index contributed by atoms with van der Waals surface area (Å²) < 4.78 is 11.8. The van der Waals surface area contributed by atoms with Gasteiger partial charge >= 0.3 is 0 Å². The van der Waals surface area contributed by atoms with Gasteiger partial charge in [-0.2, -0.15) is 0 Å². The number of hydrogen-bond acceptors (Lipinski definition) is 8. The molecule has 0 unspecified atom stereocenters. The lowest BCUT2D eigenvalue weighted by molar-refractivity contribution is -0.117. The summed E-state index contributed by atoms with van der Waals surface area (Å²) in [5.41, 5.74) is 1.35. The number of fused-ring (bicyclic) bond motifs is 1. The van der Waals surface area contributed by atoms with Crippen molar-refractivity contribution in [1.29, 1.82) is 0 Å². The minimum Gasteiger partial charge on any atom is -0.503 e. The SMILES string of the molecule is CCOc1ccc2nc(N3C(=O)C(O)=C(C(=O)c4cccs4)[C@@H]3c3cccc(OC)c3)sc2c1. The van der Waals surface area contributed by atoms with Crippen LogP contribution in [-0.4, -0.2) is 35.5 Å². The molecule has 34 heavy (non-hydrogen) atoms. The van der Waals surface area contributed by atoms with E-state index in [-0.39, 0.29) is 5.57 Å². The molecule has 0 spiro atoms. The Kier molecular flexibility index (Phi) is 5.80. The number of aromatic nitrogens is 1. The second-order valence-corrected chi connectivity index (χ2v) is 9.44. The molecule has 1 atom stereocenters. The molecule has 0 saturated heterocycles. The number of hydrogen-bond donors (Lipinski definition) is 1. The maximum atomic E-state index is 13.4. The van der Waals surface area contributed by atoms with Crippen LogP contribution in [0.1, 0.15) is 28.2 Å². The maximum Gasteiger partial charge on any atom is 0.296 e. The van der Waals surface area contributed by atoms with Crippen molar-refractivity contribution in [3.63, 3.8) is 0 Å². The van der Waals surface area contributed by atoms with E-state index < -0.39 is 23.5 Å². The Morgan fingerprint density at radius 2 is 2.00 bits per heavy atom. The van der Waals surface area contributed by atoms with Gasteiger partial charge in [-0.3, -0.25) is 14.5 Å². The molecule has 0 saturated carbocycles. The van der Waals surface area contributed by atoms with E-state index in [1.165, 1.54) is 27.6 Å². The lowest BCUT2D eigenvalue weighted by atomic mass is 9.95. The molecule has 172 valence electrons. The number of ketones is 1. The molecule has 0 radical (unpaired) electrons. The van der Waals surface area contributed by atoms with Crippen LogP contribution >= 0.6 is 22.7 Å². The van der Waals surface area contributed by atoms with Crippen LogP contribution in [0.2, 0.25) is 0 Å². The van der Waals surface area contributed by atoms with E-state index in [4.69, 9.17) is 9.47 Å². The fraction of sp³-hybridized carbons (Fsp3) is 0.160. The lowest BCUT2D eigenvalue weighted by Gasteiger charge is -2.24. The number of thiophene rings is 1. The predicted molar refractivity (Wildman–Crippen MR) is 132 cm³/mol. The highest BCUT2D eigenvalue weighted by Gasteiger charge is 2.46. The van der Waals surface area contributed by atoms with Crippen molar-refractivity contribution in [3.8, 4) is 11.5 Å². The summed E-state index contributed by atoms with van der Waals surface area (Å²) >= 11 is 2.55. The van der Waals surface area contributed by atoms with Crippen molar-refractivity contribution in [2.45, 2.75) is 13.0 Å². The molecule has 1 amide bonds. The highest BCUT2D eigenvalue weighted by Crippen LogP contribution is 2.45. The Hall–Kier alpha value is -3.69. The largest absolute Gasteiger partial charge is 0.503 e. The van der Waals surface area contributed by atoms with Gasteiger partial charge < -0.3 is 14.6 Å². The first-order chi connectivity index (χ1) is 16.5. The molecule has 0 aliphatic carbocycles. The van der Waals surface area contributed by atoms with Crippen LogP contribution in [0.3, 0.4) is 0 Å². The van der Waals surface area contributed by atoms with Crippen molar-refractivity contribution < 1.29 is 24.2 Å². The van der Waals surface area contributed by atoms with E-state index in [1.54, 1.807) is 48.9 Å². The molecular formula is C25H20N2O5S2. The molecule has 4 aromatic rings. The van der Waals surface area contributed by atoms with Crippen molar-refractivity contribution in [2.24, 2.45) is 0 Å². The number of rotatable bonds is 7. The van der Waals surface area contributed by atoms with E-state index in [9.17, 15) is 14.7 Å². The summed E-state index contributed by atoms with van der Waals surface area (Å²) in [6, 6.07) is 15.2. The number of thiazole rings is 1. The first kappa shape index (κ1) is 22.1. The van der Waals surface area contributed by atoms with Gasteiger partial charge in [0.25, 0.3) is 5.91 Å². The van der Waals surface area contributed by atoms with Crippen molar-refractivity contribution in [1.82, 2.24) is 4.98 Å². The van der Waals surface area contributed by atoms with Crippen molar-refractivity contribution in [3.05, 3.63) is 81.8 Å². The highest BCUT2D eigenvalue weighted by atomic mass is 32.1. The zero-order valence-electron chi connectivity index (χ0n) is 18.3. The van der Waals surface area contributed by atoms with Crippen LogP contribution in [0.25, 0.3) is 10.2 Å². The van der Waals surface area contributed by atoms with Crippen LogP contribution < -0.4 is 14.4 Å². The molecule has 1 aliphatic heterocycles. The Morgan fingerprint density at radius 1 is 1.15 bits per heavy atom. The zero-order chi connectivity index (χ0) is 23.8. The second-order valence-electron chi connectivity index (χ2n) is 7.48. The Balaban J connectivity index is 1.66. The number of methoxy groups -OCH3 is 1. The Labute approximate surface area is 203 Å². The molecule has 3 heterocycles. The predicted octanol–water partition coefficient (Wildman–Crippen LogP) is 5.55. The number of carbonyl (C=O) groups excluding carboxylic acids is 2. The zero-order valence-corrected chi connectivity index (χ0v) is 20.0. The molecule has 5 rings (SSSR count). The molecule has 9 heteroatoms. The Bertz CT molecular complexity index is 1420. The second kappa shape index (κ2) is 8.92. The summed E-state index contributed by atoms with van der Waals surface area (Å²) in [6.07, 6.45) is 0. The van der Waals surface area contributed by atoms with Crippen molar-refractivity contribution >= 4 is 49.7 Å².